The number of amides is 2. The van der Waals surface area contributed by atoms with E-state index in [4.69, 9.17) is 9.26 Å². The highest BCUT2D eigenvalue weighted by Crippen LogP contribution is 2.33. The Morgan fingerprint density at radius 2 is 1.93 bits per heavy atom. The summed E-state index contributed by atoms with van der Waals surface area (Å²) in [5.74, 6) is 0.0442. The third-order valence-electron chi connectivity index (χ3n) is 7.46. The third-order valence-corrected chi connectivity index (χ3v) is 7.46. The average molecular weight is 549 g/mol. The average Bonchev–Trinajstić information content (AvgIpc) is 3.62. The Bertz CT molecular complexity index is 1310. The first-order chi connectivity index (χ1) is 19.0. The summed E-state index contributed by atoms with van der Waals surface area (Å²) < 4.78 is 11.0. The van der Waals surface area contributed by atoms with Crippen molar-refractivity contribution in [3.8, 4) is 17.0 Å². The second kappa shape index (κ2) is 12.2. The Labute approximate surface area is 235 Å². The van der Waals surface area contributed by atoms with E-state index in [1.807, 2.05) is 77.1 Å². The van der Waals surface area contributed by atoms with Gasteiger partial charge in [0.1, 0.15) is 17.7 Å². The molecule has 3 heterocycles. The molecular formula is C31H40N4O5. The molecule has 0 bridgehead atoms. The van der Waals surface area contributed by atoms with E-state index < -0.39 is 18.0 Å². The summed E-state index contributed by atoms with van der Waals surface area (Å²) in [4.78, 5) is 33.2. The molecule has 2 N–H and O–H groups in total. The van der Waals surface area contributed by atoms with E-state index in [-0.39, 0.29) is 29.8 Å². The molecule has 214 valence electrons. The molecule has 1 fully saturated rings. The maximum absolute atomic E-state index is 13.8. The molecule has 4 rings (SSSR count). The Kier molecular flexibility index (Phi) is 8.93. The smallest absolute Gasteiger partial charge is 0.243 e. The quantitative estimate of drug-likeness (QED) is 0.401. The number of carbonyl (C=O) groups is 2. The van der Waals surface area contributed by atoms with Crippen LogP contribution in [0.2, 0.25) is 0 Å². The van der Waals surface area contributed by atoms with Crippen LogP contribution in [-0.2, 0) is 15.0 Å². The van der Waals surface area contributed by atoms with Crippen LogP contribution in [0.25, 0.3) is 11.1 Å². The maximum atomic E-state index is 13.8. The van der Waals surface area contributed by atoms with Crippen molar-refractivity contribution in [1.29, 1.82) is 0 Å². The van der Waals surface area contributed by atoms with Crippen LogP contribution in [0.4, 0.5) is 0 Å². The van der Waals surface area contributed by atoms with Gasteiger partial charge in [-0.25, -0.2) is 4.98 Å². The molecule has 1 aliphatic heterocycles. The van der Waals surface area contributed by atoms with Gasteiger partial charge in [0.05, 0.1) is 25.5 Å². The topological polar surface area (TPSA) is 118 Å². The predicted octanol–water partition coefficient (Wildman–Crippen LogP) is 4.62. The number of pyridine rings is 1. The first-order valence-corrected chi connectivity index (χ1v) is 13.8. The van der Waals surface area contributed by atoms with Crippen molar-refractivity contribution in [2.24, 2.45) is 5.92 Å². The van der Waals surface area contributed by atoms with Gasteiger partial charge in [-0.05, 0) is 42.0 Å². The van der Waals surface area contributed by atoms with E-state index in [0.717, 1.165) is 28.8 Å². The number of nitrogens with zero attached hydrogens (tertiary/aromatic N) is 3. The lowest BCUT2D eigenvalue weighted by Gasteiger charge is -2.30. The molecule has 0 saturated carbocycles. The van der Waals surface area contributed by atoms with E-state index in [9.17, 15) is 14.7 Å². The summed E-state index contributed by atoms with van der Waals surface area (Å²) in [5.41, 5.74) is 3.10. The second-order valence-corrected chi connectivity index (χ2v) is 11.7. The zero-order valence-electron chi connectivity index (χ0n) is 24.2. The number of ether oxygens (including phenoxy) is 1. The van der Waals surface area contributed by atoms with Crippen LogP contribution < -0.4 is 10.1 Å². The fourth-order valence-electron chi connectivity index (χ4n) is 5.18. The lowest BCUT2D eigenvalue weighted by atomic mass is 9.88. The Morgan fingerprint density at radius 3 is 2.52 bits per heavy atom. The van der Waals surface area contributed by atoms with E-state index in [1.165, 1.54) is 0 Å². The van der Waals surface area contributed by atoms with Crippen molar-refractivity contribution in [3.05, 3.63) is 65.7 Å². The van der Waals surface area contributed by atoms with Crippen LogP contribution in [0.3, 0.4) is 0 Å². The Morgan fingerprint density at radius 1 is 1.20 bits per heavy atom. The summed E-state index contributed by atoms with van der Waals surface area (Å²) in [5, 5.41) is 17.3. The van der Waals surface area contributed by atoms with Gasteiger partial charge >= 0.3 is 0 Å². The molecule has 9 heteroatoms. The highest BCUT2D eigenvalue weighted by molar-refractivity contribution is 5.91. The fourth-order valence-corrected chi connectivity index (χ4v) is 5.18. The molecule has 3 aromatic rings. The monoisotopic (exact) mass is 548 g/mol. The van der Waals surface area contributed by atoms with Gasteiger partial charge in [0.15, 0.2) is 0 Å². The van der Waals surface area contributed by atoms with E-state index in [0.29, 0.717) is 24.6 Å². The lowest BCUT2D eigenvalue weighted by Crippen LogP contribution is -2.49. The number of aliphatic hydroxyl groups excluding tert-OH is 1. The first kappa shape index (κ1) is 29.3. The molecule has 2 amide bonds. The largest absolute Gasteiger partial charge is 0.481 e. The van der Waals surface area contributed by atoms with Crippen molar-refractivity contribution in [2.45, 2.75) is 70.9 Å². The number of carbonyl (C=O) groups excluding carboxylic acids is 2. The molecular weight excluding hydrogens is 508 g/mol. The number of likely N-dealkylation sites (tertiary alicyclic amines) is 1. The van der Waals surface area contributed by atoms with Gasteiger partial charge in [0.2, 0.25) is 17.7 Å². The van der Waals surface area contributed by atoms with Crippen molar-refractivity contribution in [1.82, 2.24) is 20.4 Å². The number of aliphatic hydroxyl groups is 1. The van der Waals surface area contributed by atoms with Crippen LogP contribution in [0.5, 0.6) is 5.88 Å². The molecule has 3 atom stereocenters. The van der Waals surface area contributed by atoms with Crippen LogP contribution in [0.15, 0.2) is 53.2 Å². The fraction of sp³-hybridized carbons (Fsp3) is 0.484. The van der Waals surface area contributed by atoms with Gasteiger partial charge < -0.3 is 24.6 Å². The number of rotatable bonds is 9. The van der Waals surface area contributed by atoms with E-state index in [1.54, 1.807) is 18.2 Å². The maximum Gasteiger partial charge on any atom is 0.243 e. The molecule has 9 nitrogen and oxygen atoms in total. The highest BCUT2D eigenvalue weighted by atomic mass is 16.5. The minimum absolute atomic E-state index is 0.0419. The molecule has 1 aromatic carbocycles. The van der Waals surface area contributed by atoms with Crippen molar-refractivity contribution >= 4 is 11.8 Å². The third kappa shape index (κ3) is 6.20. The van der Waals surface area contributed by atoms with Gasteiger partial charge in [-0.15, -0.1) is 0 Å². The molecule has 2 unspecified atom stereocenters. The summed E-state index contributed by atoms with van der Waals surface area (Å²) in [6, 6.07) is 11.9. The van der Waals surface area contributed by atoms with Crippen molar-refractivity contribution in [2.75, 3.05) is 20.3 Å². The standard InChI is InChI=1S/C31H40N4O5/c1-19(2)27(25-17-26(34-40-25)31(3,4)5)30(38)35-16-8-10-24(35)28(37)33-23(18-36)21-13-11-20(12-14-21)22-9-7-15-32-29(22)39-6/h7,9,11-15,17,19,23-24,27,36H,8,10,16,18H2,1-6H3,(H,33,37)/t23?,24?,27-/m1/s1. The number of nitrogens with one attached hydrogen (secondary N) is 1. The molecule has 0 aliphatic carbocycles. The molecule has 40 heavy (non-hydrogen) atoms. The minimum Gasteiger partial charge on any atom is -0.481 e. The SMILES string of the molecule is COc1ncccc1-c1ccc(C(CO)NC(=O)C2CCCN2C(=O)[C@@H](c2cc(C(C)(C)C)no2)C(C)C)cc1. The van der Waals surface area contributed by atoms with E-state index >= 15 is 0 Å². The number of hydrogen-bond acceptors (Lipinski definition) is 7. The summed E-state index contributed by atoms with van der Waals surface area (Å²) >= 11 is 0. The van der Waals surface area contributed by atoms with Crippen LogP contribution in [0.1, 0.15) is 76.4 Å². The normalized spacial score (nSPS) is 17.1. The zero-order valence-corrected chi connectivity index (χ0v) is 24.2. The molecule has 1 saturated heterocycles. The van der Waals surface area contributed by atoms with Crippen LogP contribution in [0, 0.1) is 5.92 Å². The van der Waals surface area contributed by atoms with E-state index in [2.05, 4.69) is 15.5 Å². The summed E-state index contributed by atoms with van der Waals surface area (Å²) in [7, 11) is 1.58. The lowest BCUT2D eigenvalue weighted by molar-refractivity contribution is -0.141. The predicted molar refractivity (Wildman–Crippen MR) is 152 cm³/mol. The zero-order chi connectivity index (χ0) is 29.0. The van der Waals surface area contributed by atoms with Gasteiger partial charge in [-0.3, -0.25) is 9.59 Å². The Balaban J connectivity index is 1.49. The number of benzene rings is 1. The van der Waals surface area contributed by atoms with Gasteiger partial charge in [0, 0.05) is 29.8 Å². The van der Waals surface area contributed by atoms with Crippen LogP contribution >= 0.6 is 0 Å². The minimum atomic E-state index is -0.619. The number of hydrogen-bond donors (Lipinski definition) is 2. The van der Waals surface area contributed by atoms with Gasteiger partial charge in [-0.2, -0.15) is 0 Å². The van der Waals surface area contributed by atoms with Crippen LogP contribution in [-0.4, -0.2) is 58.3 Å². The highest BCUT2D eigenvalue weighted by Gasteiger charge is 2.41. The number of methoxy groups -OCH3 is 1. The molecule has 1 aliphatic rings. The van der Waals surface area contributed by atoms with Gasteiger partial charge in [0.25, 0.3) is 0 Å². The molecule has 0 radical (unpaired) electrons. The molecule has 2 aromatic heterocycles. The summed E-state index contributed by atoms with van der Waals surface area (Å²) in [6.45, 7) is 10.3. The van der Waals surface area contributed by atoms with Crippen molar-refractivity contribution in [3.63, 3.8) is 0 Å². The second-order valence-electron chi connectivity index (χ2n) is 11.7. The first-order valence-electron chi connectivity index (χ1n) is 13.8. The molecule has 0 spiro atoms. The summed E-state index contributed by atoms with van der Waals surface area (Å²) in [6.07, 6.45) is 2.96. The Hall–Kier alpha value is -3.72. The van der Waals surface area contributed by atoms with Crippen molar-refractivity contribution < 1.29 is 24.0 Å². The van der Waals surface area contributed by atoms with Gasteiger partial charge in [-0.1, -0.05) is 64.0 Å². The number of aromatic nitrogens is 2.